The molecule has 0 N–H and O–H groups in total. The van der Waals surface area contributed by atoms with Crippen molar-refractivity contribution in [1.29, 1.82) is 0 Å². The Kier molecular flexibility index (Phi) is 6.60. The fourth-order valence-corrected chi connectivity index (χ4v) is 8.89. The molecule has 0 fully saturated rings. The molecular formula is C49H35N. The van der Waals surface area contributed by atoms with Gasteiger partial charge in [0.2, 0.25) is 0 Å². The van der Waals surface area contributed by atoms with Crippen LogP contribution >= 0.6 is 0 Å². The molecule has 7 aromatic carbocycles. The molecule has 7 aromatic rings. The van der Waals surface area contributed by atoms with Gasteiger partial charge in [0.1, 0.15) is 0 Å². The molecule has 0 heterocycles. The lowest BCUT2D eigenvalue weighted by Crippen LogP contribution is -2.29. The Hall–Kier alpha value is -6.18. The molecule has 0 aliphatic heterocycles. The zero-order valence-electron chi connectivity index (χ0n) is 27.8. The molecule has 0 radical (unpaired) electrons. The molecule has 1 nitrogen and oxygen atoms in total. The summed E-state index contributed by atoms with van der Waals surface area (Å²) in [5.41, 5.74) is 19.6. The van der Waals surface area contributed by atoms with Crippen LogP contribution in [0.2, 0.25) is 0 Å². The number of allylic oxidation sites excluding steroid dienone is 4. The van der Waals surface area contributed by atoms with Gasteiger partial charge in [-0.3, -0.25) is 0 Å². The van der Waals surface area contributed by atoms with E-state index in [1.54, 1.807) is 0 Å². The molecule has 1 heteroatoms. The molecule has 3 aliphatic carbocycles. The van der Waals surface area contributed by atoms with Crippen molar-refractivity contribution in [3.8, 4) is 44.5 Å². The summed E-state index contributed by atoms with van der Waals surface area (Å²) in [4.78, 5) is 2.46. The molecule has 10 rings (SSSR count). The second kappa shape index (κ2) is 11.5. The maximum absolute atomic E-state index is 2.46. The summed E-state index contributed by atoms with van der Waals surface area (Å²) in [6.45, 7) is 0. The van der Waals surface area contributed by atoms with Crippen LogP contribution in [0.5, 0.6) is 0 Å². The van der Waals surface area contributed by atoms with Gasteiger partial charge in [-0.15, -0.1) is 0 Å². The van der Waals surface area contributed by atoms with Gasteiger partial charge >= 0.3 is 0 Å². The van der Waals surface area contributed by atoms with E-state index < -0.39 is 0 Å². The number of hydrogen-bond donors (Lipinski definition) is 0. The third-order valence-electron chi connectivity index (χ3n) is 11.0. The Morgan fingerprint density at radius 2 is 0.800 bits per heavy atom. The first-order valence-corrected chi connectivity index (χ1v) is 17.7. The Balaban J connectivity index is 1.11. The average molecular weight is 638 g/mol. The standard InChI is InChI=1S/C49H35N/c1-3-12-34(13-4-1)36-22-28-39(29-23-36)50(40-30-24-37(25-31-40)35-14-5-2-6-15-35)41-32-26-38(27-33-41)49-46-20-9-7-16-42(46)44-18-11-19-45(48(44)49)43-17-8-10-21-47(43)49/h1-26,28-32H,27,33H2. The third-order valence-corrected chi connectivity index (χ3v) is 11.0. The van der Waals surface area contributed by atoms with E-state index in [4.69, 9.17) is 0 Å². The summed E-state index contributed by atoms with van der Waals surface area (Å²) in [5, 5.41) is 0. The zero-order valence-corrected chi connectivity index (χ0v) is 27.8. The van der Waals surface area contributed by atoms with Crippen LogP contribution in [0.15, 0.2) is 199 Å². The molecule has 50 heavy (non-hydrogen) atoms. The lowest BCUT2D eigenvalue weighted by molar-refractivity contribution is 0.695. The van der Waals surface area contributed by atoms with Crippen LogP contribution in [0.3, 0.4) is 0 Å². The van der Waals surface area contributed by atoms with Crippen LogP contribution in [0, 0.1) is 0 Å². The molecule has 3 aliphatic rings. The fourth-order valence-electron chi connectivity index (χ4n) is 8.89. The summed E-state index contributed by atoms with van der Waals surface area (Å²) in [5.74, 6) is 0. The fraction of sp³-hybridized carbons (Fsp3) is 0.0612. The van der Waals surface area contributed by atoms with Crippen LogP contribution < -0.4 is 4.90 Å². The molecule has 0 saturated carbocycles. The number of rotatable bonds is 6. The van der Waals surface area contributed by atoms with Gasteiger partial charge in [0, 0.05) is 17.1 Å². The first-order valence-electron chi connectivity index (χ1n) is 17.7. The molecule has 0 bridgehead atoms. The molecule has 0 aromatic heterocycles. The van der Waals surface area contributed by atoms with Crippen LogP contribution in [0.25, 0.3) is 44.5 Å². The molecule has 0 saturated heterocycles. The SMILES string of the molecule is C1=C(N(c2ccc(-c3ccccc3)cc2)c2ccc(-c3ccccc3)cc2)CCC(C23c4ccccc4-c4cccc(c42)-c2ccccc23)=C1. The van der Waals surface area contributed by atoms with Gasteiger partial charge in [0.25, 0.3) is 0 Å². The highest BCUT2D eigenvalue weighted by atomic mass is 15.1. The van der Waals surface area contributed by atoms with Crippen LogP contribution in [0.1, 0.15) is 29.5 Å². The van der Waals surface area contributed by atoms with Gasteiger partial charge in [-0.2, -0.15) is 0 Å². The number of hydrogen-bond acceptors (Lipinski definition) is 1. The van der Waals surface area contributed by atoms with Crippen molar-refractivity contribution in [2.45, 2.75) is 18.3 Å². The minimum absolute atomic E-state index is 0.263. The summed E-state index contributed by atoms with van der Waals surface area (Å²) in [6.07, 6.45) is 6.76. The van der Waals surface area contributed by atoms with Gasteiger partial charge in [-0.25, -0.2) is 0 Å². The molecule has 0 amide bonds. The van der Waals surface area contributed by atoms with Gasteiger partial charge < -0.3 is 4.90 Å². The second-order valence-corrected chi connectivity index (χ2v) is 13.6. The van der Waals surface area contributed by atoms with E-state index in [1.807, 2.05) is 0 Å². The maximum Gasteiger partial charge on any atom is 0.0688 e. The predicted molar refractivity (Wildman–Crippen MR) is 208 cm³/mol. The van der Waals surface area contributed by atoms with Crippen molar-refractivity contribution < 1.29 is 0 Å². The van der Waals surface area contributed by atoms with E-state index in [9.17, 15) is 0 Å². The lowest BCUT2D eigenvalue weighted by Gasteiger charge is -2.36. The number of benzene rings is 7. The van der Waals surface area contributed by atoms with Crippen LogP contribution in [-0.4, -0.2) is 0 Å². The monoisotopic (exact) mass is 637 g/mol. The summed E-state index contributed by atoms with van der Waals surface area (Å²) in [6, 6.07) is 64.5. The van der Waals surface area contributed by atoms with Crippen LogP contribution in [0.4, 0.5) is 11.4 Å². The molecule has 0 atom stereocenters. The topological polar surface area (TPSA) is 3.24 Å². The smallest absolute Gasteiger partial charge is 0.0688 e. The van der Waals surface area contributed by atoms with E-state index in [2.05, 4.69) is 193 Å². The molecule has 236 valence electrons. The van der Waals surface area contributed by atoms with Gasteiger partial charge in [-0.1, -0.05) is 163 Å². The quantitative estimate of drug-likeness (QED) is 0.175. The highest BCUT2D eigenvalue weighted by molar-refractivity contribution is 5.98. The van der Waals surface area contributed by atoms with Crippen LogP contribution in [-0.2, 0) is 5.41 Å². The van der Waals surface area contributed by atoms with E-state index in [0.717, 1.165) is 12.8 Å². The second-order valence-electron chi connectivity index (χ2n) is 13.6. The summed E-state index contributed by atoms with van der Waals surface area (Å²) in [7, 11) is 0. The van der Waals surface area contributed by atoms with Crippen molar-refractivity contribution in [2.75, 3.05) is 4.90 Å². The largest absolute Gasteiger partial charge is 0.314 e. The minimum Gasteiger partial charge on any atom is -0.314 e. The number of fused-ring (bicyclic) bond motifs is 6. The Morgan fingerprint density at radius 1 is 0.360 bits per heavy atom. The van der Waals surface area contributed by atoms with Gasteiger partial charge in [0.05, 0.1) is 5.41 Å². The van der Waals surface area contributed by atoms with Crippen molar-refractivity contribution in [3.05, 3.63) is 216 Å². The molecule has 0 unspecified atom stereocenters. The normalized spacial score (nSPS) is 14.6. The maximum atomic E-state index is 2.46. The Labute approximate surface area is 294 Å². The lowest BCUT2D eigenvalue weighted by atomic mass is 9.67. The highest BCUT2D eigenvalue weighted by Crippen LogP contribution is 2.65. The molecule has 0 spiro atoms. The number of nitrogens with zero attached hydrogens (tertiary/aromatic N) is 1. The summed E-state index contributed by atoms with van der Waals surface area (Å²) < 4.78 is 0. The first-order chi connectivity index (χ1) is 24.8. The predicted octanol–water partition coefficient (Wildman–Crippen LogP) is 12.8. The van der Waals surface area contributed by atoms with Crippen molar-refractivity contribution in [1.82, 2.24) is 0 Å². The Morgan fingerprint density at radius 3 is 1.28 bits per heavy atom. The minimum atomic E-state index is -0.263. The Bertz CT molecular complexity index is 2300. The number of anilines is 2. The van der Waals surface area contributed by atoms with Crippen molar-refractivity contribution >= 4 is 11.4 Å². The average Bonchev–Trinajstić information content (AvgIpc) is 3.68. The molecular weight excluding hydrogens is 603 g/mol. The third kappa shape index (κ3) is 4.27. The van der Waals surface area contributed by atoms with Crippen molar-refractivity contribution in [3.63, 3.8) is 0 Å². The first kappa shape index (κ1) is 28.8. The van der Waals surface area contributed by atoms with E-state index in [0.29, 0.717) is 0 Å². The van der Waals surface area contributed by atoms with Gasteiger partial charge in [0.15, 0.2) is 0 Å². The van der Waals surface area contributed by atoms with Gasteiger partial charge in [-0.05, 0) is 104 Å². The highest BCUT2D eigenvalue weighted by Gasteiger charge is 2.53. The summed E-state index contributed by atoms with van der Waals surface area (Å²) >= 11 is 0. The van der Waals surface area contributed by atoms with E-state index in [-0.39, 0.29) is 5.41 Å². The van der Waals surface area contributed by atoms with Crippen molar-refractivity contribution in [2.24, 2.45) is 0 Å². The zero-order chi connectivity index (χ0) is 33.1. The van der Waals surface area contributed by atoms with E-state index >= 15 is 0 Å². The van der Waals surface area contributed by atoms with E-state index in [1.165, 1.54) is 83.8 Å².